The molecule has 38 heavy (non-hydrogen) atoms. The highest BCUT2D eigenvalue weighted by atomic mass is 35.5. The maximum Gasteiger partial charge on any atom is 0.341 e. The van der Waals surface area contributed by atoms with Crippen molar-refractivity contribution in [2.24, 2.45) is 0 Å². The Labute approximate surface area is 233 Å². The average Bonchev–Trinajstić information content (AvgIpc) is 3.51. The number of esters is 1. The molecule has 8 nitrogen and oxygen atoms in total. The van der Waals surface area contributed by atoms with E-state index in [1.807, 2.05) is 47.9 Å². The van der Waals surface area contributed by atoms with Crippen LogP contribution in [0.15, 0.2) is 71.7 Å². The number of rotatable bonds is 11. The largest absolute Gasteiger partial charge is 0.485 e. The molecule has 2 heterocycles. The minimum atomic E-state index is -0.539. The first-order valence-corrected chi connectivity index (χ1v) is 13.7. The molecular formula is C27H25ClN4O4S2. The number of ether oxygens (including phenoxy) is 2. The molecule has 2 aromatic heterocycles. The molecule has 4 aromatic rings. The van der Waals surface area contributed by atoms with E-state index in [-0.39, 0.29) is 18.3 Å². The van der Waals surface area contributed by atoms with E-state index >= 15 is 0 Å². The number of aromatic nitrogens is 3. The topological polar surface area (TPSA) is 95.3 Å². The smallest absolute Gasteiger partial charge is 0.341 e. The van der Waals surface area contributed by atoms with Crippen molar-refractivity contribution in [1.82, 2.24) is 14.8 Å². The van der Waals surface area contributed by atoms with Crippen LogP contribution in [-0.2, 0) is 22.7 Å². The summed E-state index contributed by atoms with van der Waals surface area (Å²) in [4.78, 5) is 25.4. The number of aryl methyl sites for hydroxylation is 1. The second kappa shape index (κ2) is 12.8. The zero-order valence-electron chi connectivity index (χ0n) is 20.8. The summed E-state index contributed by atoms with van der Waals surface area (Å²) in [5.74, 6) is 0.612. The molecule has 0 radical (unpaired) electrons. The number of thiophene rings is 1. The van der Waals surface area contributed by atoms with Gasteiger partial charge in [0.2, 0.25) is 5.91 Å². The number of benzene rings is 2. The Morgan fingerprint density at radius 3 is 2.66 bits per heavy atom. The average molecular weight is 569 g/mol. The number of thioether (sulfide) groups is 1. The second-order valence-electron chi connectivity index (χ2n) is 8.04. The minimum absolute atomic E-state index is 0.0583. The number of hydrogen-bond donors (Lipinski definition) is 1. The molecule has 0 atom stereocenters. The predicted octanol–water partition coefficient (Wildman–Crippen LogP) is 6.25. The fourth-order valence-corrected chi connectivity index (χ4v) is 5.46. The molecule has 0 saturated carbocycles. The van der Waals surface area contributed by atoms with Crippen molar-refractivity contribution in [3.8, 4) is 16.9 Å². The van der Waals surface area contributed by atoms with E-state index in [0.717, 1.165) is 16.9 Å². The number of carbonyl (C=O) groups excluding carboxylic acids is 2. The summed E-state index contributed by atoms with van der Waals surface area (Å²) in [6.45, 7) is 6.48. The third kappa shape index (κ3) is 6.45. The van der Waals surface area contributed by atoms with Gasteiger partial charge in [0, 0.05) is 22.5 Å². The lowest BCUT2D eigenvalue weighted by molar-refractivity contribution is -0.113. The Bertz CT molecular complexity index is 1450. The van der Waals surface area contributed by atoms with E-state index in [4.69, 9.17) is 21.1 Å². The van der Waals surface area contributed by atoms with Crippen LogP contribution in [0.25, 0.3) is 11.1 Å². The van der Waals surface area contributed by atoms with Gasteiger partial charge in [-0.1, -0.05) is 59.8 Å². The molecule has 11 heteroatoms. The molecule has 4 rings (SSSR count). The van der Waals surface area contributed by atoms with Gasteiger partial charge in [-0.2, -0.15) is 0 Å². The SMILES string of the molecule is C=CCn1c(COc2ccccc2C)nnc1SCC(=O)Nc1scc(-c2ccc(Cl)cc2)c1C(=O)OC. The number of amides is 1. The van der Waals surface area contributed by atoms with Gasteiger partial charge in [0.1, 0.15) is 22.9 Å². The fourth-order valence-electron chi connectivity index (χ4n) is 3.59. The molecule has 0 aliphatic carbocycles. The molecule has 0 unspecified atom stereocenters. The molecule has 0 fully saturated rings. The van der Waals surface area contributed by atoms with Crippen LogP contribution >= 0.6 is 34.7 Å². The third-order valence-electron chi connectivity index (χ3n) is 5.48. The van der Waals surface area contributed by atoms with Gasteiger partial charge >= 0.3 is 5.97 Å². The fraction of sp³-hybridized carbons (Fsp3) is 0.185. The van der Waals surface area contributed by atoms with Crippen molar-refractivity contribution in [3.63, 3.8) is 0 Å². The zero-order chi connectivity index (χ0) is 27.1. The summed E-state index contributed by atoms with van der Waals surface area (Å²) in [5, 5.41) is 14.7. The summed E-state index contributed by atoms with van der Waals surface area (Å²) in [5.41, 5.74) is 2.76. The number of nitrogens with one attached hydrogen (secondary N) is 1. The summed E-state index contributed by atoms with van der Waals surface area (Å²) in [6, 6.07) is 14.8. The minimum Gasteiger partial charge on any atom is -0.485 e. The van der Waals surface area contributed by atoms with Gasteiger partial charge in [-0.25, -0.2) is 4.79 Å². The van der Waals surface area contributed by atoms with Gasteiger partial charge in [0.15, 0.2) is 11.0 Å². The van der Waals surface area contributed by atoms with Crippen LogP contribution in [0, 0.1) is 6.92 Å². The summed E-state index contributed by atoms with van der Waals surface area (Å²) >= 11 is 8.48. The monoisotopic (exact) mass is 568 g/mol. The molecule has 0 aliphatic heterocycles. The quantitative estimate of drug-likeness (QED) is 0.130. The third-order valence-corrected chi connectivity index (χ3v) is 7.59. The summed E-state index contributed by atoms with van der Waals surface area (Å²) in [7, 11) is 1.31. The summed E-state index contributed by atoms with van der Waals surface area (Å²) < 4.78 is 12.8. The van der Waals surface area contributed by atoms with E-state index in [0.29, 0.717) is 38.7 Å². The highest BCUT2D eigenvalue weighted by molar-refractivity contribution is 7.99. The van der Waals surface area contributed by atoms with E-state index in [9.17, 15) is 9.59 Å². The Hall–Kier alpha value is -3.60. The molecule has 1 N–H and O–H groups in total. The molecular weight excluding hydrogens is 544 g/mol. The van der Waals surface area contributed by atoms with Crippen LogP contribution in [0.4, 0.5) is 5.00 Å². The van der Waals surface area contributed by atoms with Gasteiger partial charge in [0.25, 0.3) is 0 Å². The van der Waals surface area contributed by atoms with Crippen LogP contribution in [-0.4, -0.2) is 39.5 Å². The van der Waals surface area contributed by atoms with Crippen molar-refractivity contribution in [3.05, 3.63) is 88.5 Å². The molecule has 0 bridgehead atoms. The molecule has 1 amide bonds. The van der Waals surface area contributed by atoms with E-state index in [1.54, 1.807) is 23.6 Å². The van der Waals surface area contributed by atoms with E-state index in [2.05, 4.69) is 22.1 Å². The van der Waals surface area contributed by atoms with Crippen molar-refractivity contribution in [1.29, 1.82) is 0 Å². The van der Waals surface area contributed by atoms with E-state index in [1.165, 1.54) is 30.2 Å². The van der Waals surface area contributed by atoms with Crippen LogP contribution in [0.3, 0.4) is 0 Å². The first-order valence-electron chi connectivity index (χ1n) is 11.5. The Kier molecular flexibility index (Phi) is 9.22. The van der Waals surface area contributed by atoms with Gasteiger partial charge in [-0.05, 0) is 36.2 Å². The number of halogens is 1. The zero-order valence-corrected chi connectivity index (χ0v) is 23.2. The van der Waals surface area contributed by atoms with Gasteiger partial charge in [-0.15, -0.1) is 28.1 Å². The van der Waals surface area contributed by atoms with Gasteiger partial charge in [0.05, 0.1) is 12.9 Å². The maximum atomic E-state index is 12.9. The lowest BCUT2D eigenvalue weighted by atomic mass is 10.0. The molecule has 0 aliphatic rings. The standard InChI is InChI=1S/C27H25ClN4O4S2/c1-4-13-32-22(14-36-21-8-6-5-7-17(21)2)30-31-27(32)38-16-23(33)29-25-24(26(34)35-3)20(15-37-25)18-9-11-19(28)12-10-18/h4-12,15H,1,13-14,16H2,2-3H3,(H,29,33). The number of para-hydroxylation sites is 1. The molecule has 0 saturated heterocycles. The molecule has 196 valence electrons. The lowest BCUT2D eigenvalue weighted by Gasteiger charge is -2.11. The first-order chi connectivity index (χ1) is 18.4. The Morgan fingerprint density at radius 1 is 1.18 bits per heavy atom. The number of anilines is 1. The van der Waals surface area contributed by atoms with Crippen molar-refractivity contribution in [2.45, 2.75) is 25.2 Å². The first kappa shape index (κ1) is 27.4. The van der Waals surface area contributed by atoms with Crippen LogP contribution < -0.4 is 10.1 Å². The van der Waals surface area contributed by atoms with Crippen LogP contribution in [0.2, 0.25) is 5.02 Å². The normalized spacial score (nSPS) is 10.7. The lowest BCUT2D eigenvalue weighted by Crippen LogP contribution is -2.16. The second-order valence-corrected chi connectivity index (χ2v) is 10.3. The maximum absolute atomic E-state index is 12.9. The molecule has 2 aromatic carbocycles. The van der Waals surface area contributed by atoms with Crippen molar-refractivity contribution in [2.75, 3.05) is 18.2 Å². The number of hydrogen-bond acceptors (Lipinski definition) is 8. The van der Waals surface area contributed by atoms with Crippen LogP contribution in [0.1, 0.15) is 21.7 Å². The molecule has 0 spiro atoms. The number of methoxy groups -OCH3 is 1. The van der Waals surface area contributed by atoms with Gasteiger partial charge < -0.3 is 14.8 Å². The highest BCUT2D eigenvalue weighted by Gasteiger charge is 2.23. The summed E-state index contributed by atoms with van der Waals surface area (Å²) in [6.07, 6.45) is 1.73. The number of nitrogens with zero attached hydrogens (tertiary/aromatic N) is 3. The Balaban J connectivity index is 1.45. The highest BCUT2D eigenvalue weighted by Crippen LogP contribution is 2.36. The van der Waals surface area contributed by atoms with Gasteiger partial charge in [-0.3, -0.25) is 9.36 Å². The van der Waals surface area contributed by atoms with E-state index < -0.39 is 5.97 Å². The number of carbonyl (C=O) groups is 2. The van der Waals surface area contributed by atoms with Crippen molar-refractivity contribution >= 4 is 51.6 Å². The number of allylic oxidation sites excluding steroid dienone is 1. The van der Waals surface area contributed by atoms with Crippen LogP contribution in [0.5, 0.6) is 5.75 Å². The van der Waals surface area contributed by atoms with Crippen molar-refractivity contribution < 1.29 is 19.1 Å². The predicted molar refractivity (Wildman–Crippen MR) is 151 cm³/mol. The Morgan fingerprint density at radius 2 is 1.95 bits per heavy atom.